The van der Waals surface area contributed by atoms with Gasteiger partial charge in [-0.3, -0.25) is 0 Å². The summed E-state index contributed by atoms with van der Waals surface area (Å²) in [5.74, 6) is 0.255. The molecule has 94 valence electrons. The molecule has 0 saturated carbocycles. The summed E-state index contributed by atoms with van der Waals surface area (Å²) in [5.41, 5.74) is 8.86. The van der Waals surface area contributed by atoms with Crippen molar-refractivity contribution in [3.63, 3.8) is 0 Å². The molecule has 0 fully saturated rings. The second-order valence-electron chi connectivity index (χ2n) is 4.83. The molecule has 1 aromatic rings. The van der Waals surface area contributed by atoms with Gasteiger partial charge in [-0.1, -0.05) is 13.8 Å². The summed E-state index contributed by atoms with van der Waals surface area (Å²) in [6, 6.07) is 3.54. The number of aryl methyl sites for hydroxylation is 1. The molecule has 0 aliphatic rings. The van der Waals surface area contributed by atoms with Crippen molar-refractivity contribution in [3.05, 3.63) is 28.8 Å². The maximum absolute atomic E-state index is 11.9. The van der Waals surface area contributed by atoms with E-state index in [0.29, 0.717) is 23.8 Å². The lowest BCUT2D eigenvalue weighted by Crippen LogP contribution is -2.11. The molecule has 0 aliphatic heterocycles. The van der Waals surface area contributed by atoms with Gasteiger partial charge in [0.05, 0.1) is 12.2 Å². The van der Waals surface area contributed by atoms with Crippen molar-refractivity contribution in [1.29, 1.82) is 0 Å². The van der Waals surface area contributed by atoms with Crippen molar-refractivity contribution in [2.24, 2.45) is 5.92 Å². The Labute approximate surface area is 103 Å². The lowest BCUT2D eigenvalue weighted by atomic mass is 10.0. The quantitative estimate of drug-likeness (QED) is 0.644. The van der Waals surface area contributed by atoms with Crippen LogP contribution in [0.2, 0.25) is 0 Å². The summed E-state index contributed by atoms with van der Waals surface area (Å²) in [4.78, 5) is 11.9. The Bertz CT molecular complexity index is 411. The fourth-order valence-electron chi connectivity index (χ4n) is 1.56. The van der Waals surface area contributed by atoms with Crippen molar-refractivity contribution >= 4 is 11.7 Å². The summed E-state index contributed by atoms with van der Waals surface area (Å²) in [6.45, 7) is 8.52. The van der Waals surface area contributed by atoms with Gasteiger partial charge in [-0.25, -0.2) is 4.79 Å². The normalized spacial score (nSPS) is 10.6. The highest BCUT2D eigenvalue weighted by Crippen LogP contribution is 2.18. The van der Waals surface area contributed by atoms with Crippen molar-refractivity contribution in [1.82, 2.24) is 0 Å². The van der Waals surface area contributed by atoms with E-state index in [4.69, 9.17) is 10.5 Å². The van der Waals surface area contributed by atoms with Gasteiger partial charge in [-0.2, -0.15) is 0 Å². The predicted molar refractivity (Wildman–Crippen MR) is 70.1 cm³/mol. The summed E-state index contributed by atoms with van der Waals surface area (Å²) in [7, 11) is 0. The van der Waals surface area contributed by atoms with Crippen LogP contribution >= 0.6 is 0 Å². The van der Waals surface area contributed by atoms with E-state index >= 15 is 0 Å². The number of carbonyl (C=O) groups is 1. The average molecular weight is 235 g/mol. The lowest BCUT2D eigenvalue weighted by molar-refractivity contribution is 0.0487. The van der Waals surface area contributed by atoms with Gasteiger partial charge in [0.2, 0.25) is 0 Å². The molecule has 1 aromatic carbocycles. The zero-order valence-electron chi connectivity index (χ0n) is 11.0. The van der Waals surface area contributed by atoms with E-state index in [1.165, 1.54) is 0 Å². The predicted octanol–water partition coefficient (Wildman–Crippen LogP) is 3.09. The summed E-state index contributed by atoms with van der Waals surface area (Å²) in [6.07, 6.45) is 0.881. The molecule has 0 amide bonds. The SMILES string of the molecule is Cc1cc(N)cc(C(=O)OCCC(C)C)c1C. The largest absolute Gasteiger partial charge is 0.462 e. The minimum Gasteiger partial charge on any atom is -0.462 e. The number of nitrogen functional groups attached to an aromatic ring is 1. The van der Waals surface area contributed by atoms with E-state index in [0.717, 1.165) is 17.5 Å². The maximum Gasteiger partial charge on any atom is 0.338 e. The summed E-state index contributed by atoms with van der Waals surface area (Å²) >= 11 is 0. The highest BCUT2D eigenvalue weighted by atomic mass is 16.5. The first-order valence-electron chi connectivity index (χ1n) is 5.95. The maximum atomic E-state index is 11.9. The van der Waals surface area contributed by atoms with E-state index in [2.05, 4.69) is 13.8 Å². The van der Waals surface area contributed by atoms with Crippen LogP contribution in [0.5, 0.6) is 0 Å². The molecule has 0 saturated heterocycles. The van der Waals surface area contributed by atoms with Gasteiger partial charge in [0.1, 0.15) is 0 Å². The lowest BCUT2D eigenvalue weighted by Gasteiger charge is -2.11. The molecule has 2 N–H and O–H groups in total. The van der Waals surface area contributed by atoms with E-state index in [-0.39, 0.29) is 5.97 Å². The number of hydrogen-bond acceptors (Lipinski definition) is 3. The second kappa shape index (κ2) is 5.71. The minimum atomic E-state index is -0.279. The number of carbonyl (C=O) groups excluding carboxylic acids is 1. The minimum absolute atomic E-state index is 0.279. The van der Waals surface area contributed by atoms with Gasteiger partial charge < -0.3 is 10.5 Å². The molecule has 0 bridgehead atoms. The van der Waals surface area contributed by atoms with Crippen LogP contribution in [0.15, 0.2) is 12.1 Å². The highest BCUT2D eigenvalue weighted by molar-refractivity contribution is 5.92. The van der Waals surface area contributed by atoms with Crippen LogP contribution < -0.4 is 5.73 Å². The highest BCUT2D eigenvalue weighted by Gasteiger charge is 2.13. The van der Waals surface area contributed by atoms with Crippen LogP contribution in [0, 0.1) is 19.8 Å². The van der Waals surface area contributed by atoms with Gasteiger partial charge in [-0.05, 0) is 49.4 Å². The molecule has 0 radical (unpaired) electrons. The topological polar surface area (TPSA) is 52.3 Å². The standard InChI is InChI=1S/C14H21NO2/c1-9(2)5-6-17-14(16)13-8-12(15)7-10(3)11(13)4/h7-9H,5-6,15H2,1-4H3. The Kier molecular flexibility index (Phi) is 4.55. The van der Waals surface area contributed by atoms with Crippen molar-refractivity contribution in [2.75, 3.05) is 12.3 Å². The van der Waals surface area contributed by atoms with Crippen molar-refractivity contribution < 1.29 is 9.53 Å². The number of anilines is 1. The Morgan fingerprint density at radius 3 is 2.59 bits per heavy atom. The molecule has 0 spiro atoms. The summed E-state index contributed by atoms with van der Waals surface area (Å²) in [5, 5.41) is 0. The first kappa shape index (κ1) is 13.6. The van der Waals surface area contributed by atoms with Crippen molar-refractivity contribution in [2.45, 2.75) is 34.1 Å². The molecule has 0 aromatic heterocycles. The Hall–Kier alpha value is -1.51. The number of benzene rings is 1. The first-order chi connectivity index (χ1) is 7.91. The van der Waals surface area contributed by atoms with E-state index < -0.39 is 0 Å². The van der Waals surface area contributed by atoms with Gasteiger partial charge in [0.15, 0.2) is 0 Å². The number of rotatable bonds is 4. The van der Waals surface area contributed by atoms with Crippen LogP contribution in [0.1, 0.15) is 41.8 Å². The first-order valence-corrected chi connectivity index (χ1v) is 5.95. The zero-order chi connectivity index (χ0) is 13.0. The van der Waals surface area contributed by atoms with Gasteiger partial charge >= 0.3 is 5.97 Å². The Morgan fingerprint density at radius 2 is 2.00 bits per heavy atom. The van der Waals surface area contributed by atoms with E-state index in [1.54, 1.807) is 6.07 Å². The molecular formula is C14H21NO2. The van der Waals surface area contributed by atoms with Gasteiger partial charge in [-0.15, -0.1) is 0 Å². The Balaban J connectivity index is 2.75. The third-order valence-electron chi connectivity index (χ3n) is 2.84. The molecule has 0 unspecified atom stereocenters. The fraction of sp³-hybridized carbons (Fsp3) is 0.500. The molecular weight excluding hydrogens is 214 g/mol. The Morgan fingerprint density at radius 1 is 1.35 bits per heavy atom. The fourth-order valence-corrected chi connectivity index (χ4v) is 1.56. The van der Waals surface area contributed by atoms with Crippen LogP contribution in [0.4, 0.5) is 5.69 Å². The molecule has 3 heteroatoms. The number of esters is 1. The smallest absolute Gasteiger partial charge is 0.338 e. The van der Waals surface area contributed by atoms with Crippen molar-refractivity contribution in [3.8, 4) is 0 Å². The monoisotopic (exact) mass is 235 g/mol. The van der Waals surface area contributed by atoms with Crippen LogP contribution in [-0.2, 0) is 4.74 Å². The number of nitrogens with two attached hydrogens (primary N) is 1. The number of hydrogen-bond donors (Lipinski definition) is 1. The van der Waals surface area contributed by atoms with Gasteiger partial charge in [0, 0.05) is 5.69 Å². The number of ether oxygens (including phenoxy) is 1. The zero-order valence-corrected chi connectivity index (χ0v) is 11.0. The molecule has 0 atom stereocenters. The van der Waals surface area contributed by atoms with E-state index in [1.807, 2.05) is 19.9 Å². The molecule has 0 heterocycles. The molecule has 1 rings (SSSR count). The van der Waals surface area contributed by atoms with Gasteiger partial charge in [0.25, 0.3) is 0 Å². The molecule has 3 nitrogen and oxygen atoms in total. The molecule has 0 aliphatic carbocycles. The van der Waals surface area contributed by atoms with Crippen LogP contribution in [0.3, 0.4) is 0 Å². The second-order valence-corrected chi connectivity index (χ2v) is 4.83. The third kappa shape index (κ3) is 3.77. The van der Waals surface area contributed by atoms with E-state index in [9.17, 15) is 4.79 Å². The van der Waals surface area contributed by atoms with Crippen LogP contribution in [0.25, 0.3) is 0 Å². The third-order valence-corrected chi connectivity index (χ3v) is 2.84. The molecule has 17 heavy (non-hydrogen) atoms. The van der Waals surface area contributed by atoms with Crippen LogP contribution in [-0.4, -0.2) is 12.6 Å². The average Bonchev–Trinajstić information content (AvgIpc) is 2.22. The summed E-state index contributed by atoms with van der Waals surface area (Å²) < 4.78 is 5.24.